The van der Waals surface area contributed by atoms with Crippen molar-refractivity contribution in [1.82, 2.24) is 0 Å². The van der Waals surface area contributed by atoms with Gasteiger partial charge < -0.3 is 0 Å². The van der Waals surface area contributed by atoms with Crippen LogP contribution in [-0.4, -0.2) is 0 Å². The van der Waals surface area contributed by atoms with Gasteiger partial charge in [-0.05, 0) is 5.56 Å². The molecule has 0 fully saturated rings. The average Bonchev–Trinajstić information content (AvgIpc) is 1.90. The van der Waals surface area contributed by atoms with Crippen molar-refractivity contribution in [2.75, 3.05) is 0 Å². The molecule has 1 aromatic carbocycles. The van der Waals surface area contributed by atoms with Crippen molar-refractivity contribution in [2.24, 2.45) is 0 Å². The molecule has 0 aliphatic carbocycles. The third kappa shape index (κ3) is 2.80. The summed E-state index contributed by atoms with van der Waals surface area (Å²) in [7, 11) is 0. The summed E-state index contributed by atoms with van der Waals surface area (Å²) in [5.74, 6) is 0. The van der Waals surface area contributed by atoms with Crippen LogP contribution in [0.15, 0.2) is 36.9 Å². The zero-order chi connectivity index (χ0) is 5.82. The van der Waals surface area contributed by atoms with Crippen LogP contribution >= 0.6 is 0 Å². The van der Waals surface area contributed by atoms with Crippen molar-refractivity contribution < 1.29 is 27.7 Å². The van der Waals surface area contributed by atoms with Crippen molar-refractivity contribution in [3.8, 4) is 0 Å². The molecule has 0 aliphatic rings. The van der Waals surface area contributed by atoms with E-state index in [-0.39, 0.29) is 27.7 Å². The zero-order valence-corrected chi connectivity index (χ0v) is 10.9. The fraction of sp³-hybridized carbons (Fsp3) is 0. The largest absolute Gasteiger partial charge is 0.0985 e. The van der Waals surface area contributed by atoms with Crippen LogP contribution in [0.4, 0.5) is 0 Å². The van der Waals surface area contributed by atoms with Crippen LogP contribution in [0.2, 0.25) is 0 Å². The molecule has 0 atom stereocenters. The molecule has 1 aromatic rings. The molecule has 0 radical (unpaired) electrons. The fourth-order valence-electron chi connectivity index (χ4n) is 0.589. The maximum Gasteiger partial charge on any atom is 0 e. The van der Waals surface area contributed by atoms with Gasteiger partial charge in [-0.1, -0.05) is 43.0 Å². The molecule has 0 aliphatic heterocycles. The molecule has 0 heterocycles. The van der Waals surface area contributed by atoms with E-state index in [0.29, 0.717) is 0 Å². The predicted molar refractivity (Wildman–Crippen MR) is 36.5 cm³/mol. The second kappa shape index (κ2) is 4.74. The van der Waals surface area contributed by atoms with E-state index in [4.69, 9.17) is 0 Å². The smallest absolute Gasteiger partial charge is 0 e. The molecule has 0 amide bonds. The van der Waals surface area contributed by atoms with Gasteiger partial charge in [0, 0.05) is 27.7 Å². The van der Waals surface area contributed by atoms with Crippen molar-refractivity contribution in [3.63, 3.8) is 0 Å². The maximum atomic E-state index is 3.63. The number of hydrogen-bond acceptors (Lipinski definition) is 0. The Hall–Kier alpha value is -0.105. The van der Waals surface area contributed by atoms with E-state index >= 15 is 0 Å². The molecule has 0 N–H and O–H groups in total. The normalized spacial score (nSPS) is 7.56. The Balaban J connectivity index is 0.000000640. The first-order valence-corrected chi connectivity index (χ1v) is 2.61. The SMILES string of the molecule is C=Cc1ccccc1.[Hg]. The Kier molecular flexibility index (Phi) is 4.69. The Bertz CT molecular complexity index is 167. The van der Waals surface area contributed by atoms with Crippen LogP contribution in [0.5, 0.6) is 0 Å². The van der Waals surface area contributed by atoms with E-state index in [2.05, 4.69) is 6.58 Å². The monoisotopic (exact) mass is 306 g/mol. The second-order valence-electron chi connectivity index (χ2n) is 1.61. The maximum absolute atomic E-state index is 3.63. The molecule has 42 valence electrons. The topological polar surface area (TPSA) is 0 Å². The predicted octanol–water partition coefficient (Wildman–Crippen LogP) is 2.33. The van der Waals surface area contributed by atoms with E-state index in [1.165, 1.54) is 5.56 Å². The van der Waals surface area contributed by atoms with Gasteiger partial charge in [0.05, 0.1) is 0 Å². The molecule has 0 aromatic heterocycles. The first-order valence-electron chi connectivity index (χ1n) is 2.61. The van der Waals surface area contributed by atoms with Gasteiger partial charge in [0.1, 0.15) is 0 Å². The summed E-state index contributed by atoms with van der Waals surface area (Å²) in [4.78, 5) is 0. The van der Waals surface area contributed by atoms with Crippen molar-refractivity contribution in [2.45, 2.75) is 0 Å². The van der Waals surface area contributed by atoms with E-state index in [0.717, 1.165) is 0 Å². The molecule has 1 rings (SSSR count). The van der Waals surface area contributed by atoms with Crippen molar-refractivity contribution in [3.05, 3.63) is 42.5 Å². The first-order chi connectivity index (χ1) is 3.93. The Morgan fingerprint density at radius 3 is 2.00 bits per heavy atom. The minimum absolute atomic E-state index is 0. The minimum atomic E-state index is 0. The average molecular weight is 305 g/mol. The van der Waals surface area contributed by atoms with Gasteiger partial charge in [-0.3, -0.25) is 0 Å². The van der Waals surface area contributed by atoms with Gasteiger partial charge in [0.25, 0.3) is 0 Å². The molecule has 0 saturated heterocycles. The summed E-state index contributed by atoms with van der Waals surface area (Å²) >= 11 is 0. The van der Waals surface area contributed by atoms with Crippen LogP contribution in [0, 0.1) is 0 Å². The summed E-state index contributed by atoms with van der Waals surface area (Å²) in [6.07, 6.45) is 1.83. The molecular weight excluding hydrogens is 297 g/mol. The van der Waals surface area contributed by atoms with Crippen LogP contribution in [0.25, 0.3) is 6.08 Å². The molecule has 1 heteroatoms. The summed E-state index contributed by atoms with van der Waals surface area (Å²) in [5, 5.41) is 0. The Labute approximate surface area is 76.1 Å². The Morgan fingerprint density at radius 2 is 1.67 bits per heavy atom. The summed E-state index contributed by atoms with van der Waals surface area (Å²) in [6.45, 7) is 3.63. The fourth-order valence-corrected chi connectivity index (χ4v) is 0.589. The third-order valence-electron chi connectivity index (χ3n) is 1.04. The number of hydrogen-bond donors (Lipinski definition) is 0. The molecule has 0 nitrogen and oxygen atoms in total. The van der Waals surface area contributed by atoms with Gasteiger partial charge in [-0.2, -0.15) is 0 Å². The zero-order valence-electron chi connectivity index (χ0n) is 5.38. The van der Waals surface area contributed by atoms with Crippen molar-refractivity contribution in [1.29, 1.82) is 0 Å². The molecular formula is C8H8Hg. The number of rotatable bonds is 1. The summed E-state index contributed by atoms with van der Waals surface area (Å²) in [5.41, 5.74) is 1.17. The van der Waals surface area contributed by atoms with Crippen LogP contribution in [0.3, 0.4) is 0 Å². The van der Waals surface area contributed by atoms with Gasteiger partial charge in [-0.15, -0.1) is 0 Å². The molecule has 0 saturated carbocycles. The van der Waals surface area contributed by atoms with Crippen LogP contribution in [-0.2, 0) is 27.7 Å². The van der Waals surface area contributed by atoms with Crippen LogP contribution < -0.4 is 0 Å². The van der Waals surface area contributed by atoms with Crippen LogP contribution in [0.1, 0.15) is 5.56 Å². The minimum Gasteiger partial charge on any atom is -0.0985 e. The molecule has 0 unspecified atom stereocenters. The van der Waals surface area contributed by atoms with E-state index in [1.54, 1.807) is 0 Å². The van der Waals surface area contributed by atoms with E-state index in [1.807, 2.05) is 36.4 Å². The second-order valence-corrected chi connectivity index (χ2v) is 1.61. The van der Waals surface area contributed by atoms with E-state index in [9.17, 15) is 0 Å². The number of benzene rings is 1. The van der Waals surface area contributed by atoms with Gasteiger partial charge in [0.2, 0.25) is 0 Å². The van der Waals surface area contributed by atoms with Gasteiger partial charge in [0.15, 0.2) is 0 Å². The third-order valence-corrected chi connectivity index (χ3v) is 1.04. The molecule has 9 heavy (non-hydrogen) atoms. The van der Waals surface area contributed by atoms with Crippen molar-refractivity contribution >= 4 is 6.08 Å². The molecule has 0 spiro atoms. The van der Waals surface area contributed by atoms with E-state index < -0.39 is 0 Å². The first kappa shape index (κ1) is 8.90. The van der Waals surface area contributed by atoms with Gasteiger partial charge in [-0.25, -0.2) is 0 Å². The summed E-state index contributed by atoms with van der Waals surface area (Å²) < 4.78 is 0. The molecule has 0 bridgehead atoms. The quantitative estimate of drug-likeness (QED) is 0.699. The Morgan fingerprint density at radius 1 is 1.11 bits per heavy atom. The summed E-state index contributed by atoms with van der Waals surface area (Å²) in [6, 6.07) is 10.0. The van der Waals surface area contributed by atoms with Gasteiger partial charge >= 0.3 is 0 Å². The standard InChI is InChI=1S/C8H8.Hg/c1-2-8-6-4-3-5-7-8;/h2-7H,1H2;.